The third kappa shape index (κ3) is 5.17. The summed E-state index contributed by atoms with van der Waals surface area (Å²) in [6.45, 7) is 3.85. The monoisotopic (exact) mass is 220 g/mol. The van der Waals surface area contributed by atoms with E-state index in [-0.39, 0.29) is 0 Å². The summed E-state index contributed by atoms with van der Waals surface area (Å²) < 4.78 is 5.65. The van der Waals surface area contributed by atoms with Crippen molar-refractivity contribution in [1.82, 2.24) is 0 Å². The molecule has 1 radical (unpaired) electrons. The fraction of sp³-hybridized carbons (Fsp3) is 0.500. The molecule has 0 atom stereocenters. The van der Waals surface area contributed by atoms with Crippen LogP contribution in [0.4, 0.5) is 0 Å². The van der Waals surface area contributed by atoms with E-state index in [0.717, 1.165) is 25.3 Å². The van der Waals surface area contributed by atoms with E-state index in [4.69, 9.17) is 4.74 Å². The van der Waals surface area contributed by atoms with Gasteiger partial charge in [0.2, 0.25) is 0 Å². The van der Waals surface area contributed by atoms with Gasteiger partial charge in [0.25, 0.3) is 0 Å². The van der Waals surface area contributed by atoms with Gasteiger partial charge in [-0.15, -0.1) is 7.05 Å². The van der Waals surface area contributed by atoms with Gasteiger partial charge < -0.3 is 10.1 Å². The van der Waals surface area contributed by atoms with Crippen molar-refractivity contribution in [2.75, 3.05) is 6.61 Å². The molecule has 0 heterocycles. The molecule has 0 aliphatic rings. The van der Waals surface area contributed by atoms with Gasteiger partial charge in [-0.25, -0.2) is 0 Å². The second-order valence-electron chi connectivity index (χ2n) is 3.98. The average molecular weight is 220 g/mol. The largest absolute Gasteiger partial charge is 0.494 e. The molecule has 0 aromatic heterocycles. The summed E-state index contributed by atoms with van der Waals surface area (Å²) in [5.41, 5.74) is 1.23. The Hall–Kier alpha value is -1.02. The molecule has 1 aromatic rings. The zero-order valence-corrected chi connectivity index (χ0v) is 10.2. The zero-order valence-electron chi connectivity index (χ0n) is 10.2. The number of hydrogen-bond donors (Lipinski definition) is 1. The Labute approximate surface area is 99.0 Å². The molecule has 0 saturated heterocycles. The Morgan fingerprint density at radius 2 is 1.88 bits per heavy atom. The molecule has 0 saturated carbocycles. The molecular formula is C14H22NO. The Kier molecular flexibility index (Phi) is 6.66. The van der Waals surface area contributed by atoms with Gasteiger partial charge in [-0.3, -0.25) is 0 Å². The smallest absolute Gasteiger partial charge is 0.119 e. The van der Waals surface area contributed by atoms with E-state index >= 15 is 0 Å². The van der Waals surface area contributed by atoms with E-state index in [2.05, 4.69) is 31.4 Å². The van der Waals surface area contributed by atoms with Gasteiger partial charge in [0.05, 0.1) is 6.61 Å². The molecule has 16 heavy (non-hydrogen) atoms. The van der Waals surface area contributed by atoms with Crippen molar-refractivity contribution in [3.63, 3.8) is 0 Å². The zero-order chi connectivity index (χ0) is 11.6. The topological polar surface area (TPSA) is 24.8 Å². The third-order valence-electron chi connectivity index (χ3n) is 2.52. The van der Waals surface area contributed by atoms with Gasteiger partial charge in [0, 0.05) is 5.56 Å². The molecule has 2 nitrogen and oxygen atoms in total. The van der Waals surface area contributed by atoms with Gasteiger partial charge in [-0.1, -0.05) is 26.2 Å². The van der Waals surface area contributed by atoms with Crippen LogP contribution in [0, 0.1) is 7.05 Å². The molecule has 2 heteroatoms. The highest BCUT2D eigenvalue weighted by Gasteiger charge is 1.96. The first-order chi connectivity index (χ1) is 7.86. The molecule has 1 N–H and O–H groups in total. The number of nitrogens with one attached hydrogen (secondary N) is 1. The van der Waals surface area contributed by atoms with Crippen LogP contribution < -0.4 is 10.1 Å². The van der Waals surface area contributed by atoms with Crippen LogP contribution in [0.3, 0.4) is 0 Å². The maximum atomic E-state index is 5.65. The molecule has 89 valence electrons. The van der Waals surface area contributed by atoms with Crippen LogP contribution in [0.5, 0.6) is 5.75 Å². The van der Waals surface area contributed by atoms with E-state index < -0.39 is 0 Å². The number of hydrogen-bond acceptors (Lipinski definition) is 2. The van der Waals surface area contributed by atoms with Gasteiger partial charge in [-0.05, 0) is 30.7 Å². The molecule has 0 unspecified atom stereocenters. The predicted molar refractivity (Wildman–Crippen MR) is 66.1 cm³/mol. The summed E-state index contributed by atoms with van der Waals surface area (Å²) in [6.07, 6.45) is 4.99. The van der Waals surface area contributed by atoms with Crippen molar-refractivity contribution in [2.24, 2.45) is 0 Å². The summed E-state index contributed by atoms with van der Waals surface area (Å²) >= 11 is 0. The first-order valence-corrected chi connectivity index (χ1v) is 6.08. The highest BCUT2D eigenvalue weighted by atomic mass is 16.5. The lowest BCUT2D eigenvalue weighted by Crippen LogP contribution is -2.74. The molecule has 0 aliphatic heterocycles. The minimum Gasteiger partial charge on any atom is -0.494 e. The van der Waals surface area contributed by atoms with Crippen molar-refractivity contribution in [3.05, 3.63) is 36.9 Å². The third-order valence-corrected chi connectivity index (χ3v) is 2.52. The summed E-state index contributed by atoms with van der Waals surface area (Å²) in [4.78, 5) is 0. The van der Waals surface area contributed by atoms with Crippen LogP contribution in [0.2, 0.25) is 0 Å². The maximum absolute atomic E-state index is 5.65. The van der Waals surface area contributed by atoms with E-state index in [9.17, 15) is 0 Å². The second kappa shape index (κ2) is 8.17. The van der Waals surface area contributed by atoms with Crippen LogP contribution in [0.15, 0.2) is 24.3 Å². The van der Waals surface area contributed by atoms with Crippen LogP contribution in [0.1, 0.15) is 38.2 Å². The SMILES string of the molecule is [CH2-][NH+]Cc1ccc(OCCCCCC)cc1. The highest BCUT2D eigenvalue weighted by Crippen LogP contribution is 2.12. The number of rotatable bonds is 8. The Morgan fingerprint density at radius 1 is 1.12 bits per heavy atom. The molecule has 0 fully saturated rings. The van der Waals surface area contributed by atoms with Gasteiger partial charge in [0.15, 0.2) is 0 Å². The van der Waals surface area contributed by atoms with Crippen LogP contribution in [-0.2, 0) is 6.54 Å². The second-order valence-corrected chi connectivity index (χ2v) is 3.98. The molecule has 1 aromatic carbocycles. The Balaban J connectivity index is 2.21. The van der Waals surface area contributed by atoms with E-state index in [1.807, 2.05) is 12.1 Å². The van der Waals surface area contributed by atoms with Crippen LogP contribution in [0.25, 0.3) is 0 Å². The molecule has 0 bridgehead atoms. The van der Waals surface area contributed by atoms with Crippen molar-refractivity contribution in [2.45, 2.75) is 39.2 Å². The minimum atomic E-state index is 0.802. The lowest BCUT2D eigenvalue weighted by Gasteiger charge is -2.06. The normalized spacial score (nSPS) is 10.4. The standard InChI is InChI=1S/C14H22NO/c1-3-4-5-6-11-16-14-9-7-13(8-10-14)12-15-2/h7-10,15H,2-6,11-12H2,1H3. The van der Waals surface area contributed by atoms with Crippen molar-refractivity contribution >= 4 is 0 Å². The number of unbranched alkanes of at least 4 members (excludes halogenated alkanes) is 3. The Bertz CT molecular complexity index is 269. The summed E-state index contributed by atoms with van der Waals surface area (Å²) in [6, 6.07) is 8.18. The van der Waals surface area contributed by atoms with Crippen LogP contribution >= 0.6 is 0 Å². The number of ether oxygens (including phenoxy) is 1. The lowest BCUT2D eigenvalue weighted by molar-refractivity contribution is -0.612. The van der Waals surface area contributed by atoms with Crippen molar-refractivity contribution in [1.29, 1.82) is 0 Å². The Morgan fingerprint density at radius 3 is 2.50 bits per heavy atom. The minimum absolute atomic E-state index is 0.802. The quantitative estimate of drug-likeness (QED) is 0.527. The van der Waals surface area contributed by atoms with Crippen LogP contribution in [-0.4, -0.2) is 6.61 Å². The summed E-state index contributed by atoms with van der Waals surface area (Å²) in [5.74, 6) is 0.962. The molecule has 1 rings (SSSR count). The van der Waals surface area contributed by atoms with Gasteiger partial charge in [0.1, 0.15) is 12.3 Å². The highest BCUT2D eigenvalue weighted by molar-refractivity contribution is 5.26. The lowest BCUT2D eigenvalue weighted by atomic mass is 10.2. The summed E-state index contributed by atoms with van der Waals surface area (Å²) in [7, 11) is 3.60. The van der Waals surface area contributed by atoms with Crippen molar-refractivity contribution in [3.8, 4) is 5.75 Å². The summed E-state index contributed by atoms with van der Waals surface area (Å²) in [5, 5.41) is 2.88. The molecule has 0 aliphatic carbocycles. The van der Waals surface area contributed by atoms with E-state index in [0.29, 0.717) is 0 Å². The van der Waals surface area contributed by atoms with Crippen molar-refractivity contribution < 1.29 is 10.1 Å². The predicted octanol–water partition coefficient (Wildman–Crippen LogP) is 2.29. The average Bonchev–Trinajstić information content (AvgIpc) is 2.31. The molecular weight excluding hydrogens is 198 g/mol. The van der Waals surface area contributed by atoms with E-state index in [1.165, 1.54) is 24.8 Å². The van der Waals surface area contributed by atoms with E-state index in [1.54, 1.807) is 0 Å². The maximum Gasteiger partial charge on any atom is 0.119 e. The molecule has 0 amide bonds. The fourth-order valence-electron chi connectivity index (χ4n) is 1.57. The number of benzene rings is 1. The first kappa shape index (κ1) is 13.0. The molecule has 0 spiro atoms. The van der Waals surface area contributed by atoms with Gasteiger partial charge >= 0.3 is 0 Å². The first-order valence-electron chi connectivity index (χ1n) is 6.08. The fourth-order valence-corrected chi connectivity index (χ4v) is 1.57. The van der Waals surface area contributed by atoms with Gasteiger partial charge in [-0.2, -0.15) is 0 Å².